The molecule has 8 nitrogen and oxygen atoms in total. The number of unbranched alkanes of at least 4 members (excludes halogenated alkanes) is 14. The van der Waals surface area contributed by atoms with Gasteiger partial charge >= 0.3 is 7.82 Å². The molecule has 0 saturated heterocycles. The molecule has 0 aromatic heterocycles. The molecule has 0 aliphatic heterocycles. The molecule has 3 unspecified atom stereocenters. The number of carbonyl (C=O) groups excluding carboxylic acids is 1. The van der Waals surface area contributed by atoms with Crippen LogP contribution in [0, 0.1) is 0 Å². The number of phosphoric acid groups is 1. The predicted molar refractivity (Wildman–Crippen MR) is 313 cm³/mol. The first-order valence-electron chi connectivity index (χ1n) is 28.2. The maximum Gasteiger partial charge on any atom is 0.472 e. The van der Waals surface area contributed by atoms with E-state index < -0.39 is 20.0 Å². The van der Waals surface area contributed by atoms with Gasteiger partial charge in [0.15, 0.2) is 0 Å². The Morgan fingerprint density at radius 2 is 0.847 bits per heavy atom. The van der Waals surface area contributed by atoms with Crippen molar-refractivity contribution >= 4 is 13.7 Å². The summed E-state index contributed by atoms with van der Waals surface area (Å²) in [6.45, 7) is 4.59. The van der Waals surface area contributed by atoms with Crippen molar-refractivity contribution in [2.75, 3.05) is 40.9 Å². The Bertz CT molecular complexity index is 1670. The first-order valence-corrected chi connectivity index (χ1v) is 29.7. The molecule has 0 saturated carbocycles. The molecule has 72 heavy (non-hydrogen) atoms. The number of likely N-dealkylation sites (N-methyl/N-ethyl adjacent to an activating group) is 1. The van der Waals surface area contributed by atoms with Crippen LogP contribution in [-0.2, 0) is 18.4 Å². The Morgan fingerprint density at radius 1 is 0.486 bits per heavy atom. The molecule has 0 aliphatic rings. The van der Waals surface area contributed by atoms with E-state index in [9.17, 15) is 19.4 Å². The Kier molecular flexibility index (Phi) is 49.6. The van der Waals surface area contributed by atoms with Gasteiger partial charge in [0.2, 0.25) is 5.91 Å². The number of hydrogen-bond donors (Lipinski definition) is 3. The van der Waals surface area contributed by atoms with Crippen LogP contribution in [-0.4, -0.2) is 73.4 Å². The summed E-state index contributed by atoms with van der Waals surface area (Å²) in [5.41, 5.74) is 0. The summed E-state index contributed by atoms with van der Waals surface area (Å²) in [5.74, 6) is -0.202. The van der Waals surface area contributed by atoms with Crippen LogP contribution in [0.5, 0.6) is 0 Å². The van der Waals surface area contributed by atoms with Gasteiger partial charge in [0, 0.05) is 6.42 Å². The van der Waals surface area contributed by atoms with Crippen molar-refractivity contribution in [3.63, 3.8) is 0 Å². The maximum absolute atomic E-state index is 12.9. The highest BCUT2D eigenvalue weighted by molar-refractivity contribution is 7.47. The lowest BCUT2D eigenvalue weighted by Crippen LogP contribution is -2.45. The van der Waals surface area contributed by atoms with Crippen LogP contribution >= 0.6 is 7.82 Å². The fourth-order valence-electron chi connectivity index (χ4n) is 7.14. The predicted octanol–water partition coefficient (Wildman–Crippen LogP) is 17.3. The van der Waals surface area contributed by atoms with Crippen LogP contribution in [0.4, 0.5) is 0 Å². The lowest BCUT2D eigenvalue weighted by Gasteiger charge is -2.25. The third kappa shape index (κ3) is 54.2. The Morgan fingerprint density at radius 3 is 1.28 bits per heavy atom. The molecule has 0 radical (unpaired) electrons. The number of nitrogens with zero attached hydrogens (tertiary/aromatic N) is 1. The highest BCUT2D eigenvalue weighted by Gasteiger charge is 2.27. The quantitative estimate of drug-likeness (QED) is 0.0243. The van der Waals surface area contributed by atoms with Crippen molar-refractivity contribution in [1.82, 2.24) is 5.32 Å². The average molecular weight is 1020 g/mol. The third-order valence-electron chi connectivity index (χ3n) is 11.5. The van der Waals surface area contributed by atoms with E-state index in [0.29, 0.717) is 17.4 Å². The molecule has 0 fully saturated rings. The summed E-state index contributed by atoms with van der Waals surface area (Å²) < 4.78 is 23.5. The zero-order valence-corrected chi connectivity index (χ0v) is 47.2. The smallest absolute Gasteiger partial charge is 0.387 e. The number of allylic oxidation sites excluding steroid dienone is 23. The van der Waals surface area contributed by atoms with E-state index >= 15 is 0 Å². The molecule has 9 heteroatoms. The zero-order chi connectivity index (χ0) is 52.7. The van der Waals surface area contributed by atoms with E-state index in [4.69, 9.17) is 9.05 Å². The standard InChI is InChI=1S/C63H105N2O6P/c1-6-8-10-12-14-16-17-18-19-20-21-22-23-24-25-26-27-28-29-30-31-32-33-34-35-36-37-38-39-40-41-42-43-44-45-46-47-49-51-53-55-57-63(67)64-61(60-71-72(68,69)70-59-58-65(3,4)5)62(66)56-54-52-50-48-15-13-11-9-7-2/h8,10,14-16,18-19,21-22,24-25,27-28,30-31,33-34,36-37,39-40,48,54,56,61-62,66H,6-7,9,11-13,17,20,23,26,29,32,35,38,41-47,49-53,55,57-60H2,1-5H3,(H-,64,67,68,69)/p+1/b10-8-,16-14-,19-18-,22-21-,25-24-,28-27-,31-30-,34-33-,37-36-,40-39-,48-15+,56-54+. The van der Waals surface area contributed by atoms with E-state index in [0.717, 1.165) is 109 Å². The summed E-state index contributed by atoms with van der Waals surface area (Å²) in [7, 11) is 1.53. The van der Waals surface area contributed by atoms with Crippen molar-refractivity contribution in [1.29, 1.82) is 0 Å². The monoisotopic (exact) mass is 1020 g/mol. The molecule has 0 spiro atoms. The molecule has 3 N–H and O–H groups in total. The summed E-state index contributed by atoms with van der Waals surface area (Å²) >= 11 is 0. The number of quaternary nitrogens is 1. The number of aliphatic hydroxyl groups is 1. The molecule has 3 atom stereocenters. The van der Waals surface area contributed by atoms with Crippen molar-refractivity contribution < 1.29 is 32.9 Å². The van der Waals surface area contributed by atoms with Crippen LogP contribution in [0.1, 0.15) is 194 Å². The van der Waals surface area contributed by atoms with Gasteiger partial charge in [0.05, 0.1) is 39.9 Å². The molecule has 0 heterocycles. The van der Waals surface area contributed by atoms with E-state index in [2.05, 4.69) is 153 Å². The Balaban J connectivity index is 4.03. The molecular formula is C63H106N2O6P+. The van der Waals surface area contributed by atoms with Gasteiger partial charge in [-0.3, -0.25) is 13.8 Å². The van der Waals surface area contributed by atoms with Crippen LogP contribution in [0.15, 0.2) is 146 Å². The van der Waals surface area contributed by atoms with Crippen molar-refractivity contribution in [3.05, 3.63) is 146 Å². The van der Waals surface area contributed by atoms with E-state index in [1.807, 2.05) is 27.2 Å². The molecule has 0 aromatic rings. The second-order valence-electron chi connectivity index (χ2n) is 19.6. The first kappa shape index (κ1) is 68.4. The number of hydrogen-bond acceptors (Lipinski definition) is 5. The summed E-state index contributed by atoms with van der Waals surface area (Å²) in [4.78, 5) is 23.1. The van der Waals surface area contributed by atoms with Crippen molar-refractivity contribution in [2.24, 2.45) is 0 Å². The Labute approximate surface area is 442 Å². The lowest BCUT2D eigenvalue weighted by atomic mass is 10.0. The number of phosphoric ester groups is 1. The highest BCUT2D eigenvalue weighted by Crippen LogP contribution is 2.43. The second kappa shape index (κ2) is 52.3. The molecule has 0 rings (SSSR count). The van der Waals surface area contributed by atoms with Crippen LogP contribution < -0.4 is 5.32 Å². The minimum Gasteiger partial charge on any atom is -0.387 e. The van der Waals surface area contributed by atoms with Crippen LogP contribution in [0.2, 0.25) is 0 Å². The molecule has 0 bridgehead atoms. The van der Waals surface area contributed by atoms with Gasteiger partial charge in [0.1, 0.15) is 13.2 Å². The van der Waals surface area contributed by atoms with Gasteiger partial charge in [-0.05, 0) is 109 Å². The summed E-state index contributed by atoms with van der Waals surface area (Å²) in [5, 5.41) is 13.8. The average Bonchev–Trinajstić information content (AvgIpc) is 3.34. The van der Waals surface area contributed by atoms with Gasteiger partial charge in [-0.25, -0.2) is 4.57 Å². The molecular weight excluding hydrogens is 912 g/mol. The second-order valence-corrected chi connectivity index (χ2v) is 21.0. The third-order valence-corrected chi connectivity index (χ3v) is 12.5. The highest BCUT2D eigenvalue weighted by atomic mass is 31.2. The largest absolute Gasteiger partial charge is 0.472 e. The summed E-state index contributed by atoms with van der Waals surface area (Å²) in [6, 6.07) is -0.873. The van der Waals surface area contributed by atoms with Crippen LogP contribution in [0.25, 0.3) is 0 Å². The normalized spacial score (nSPS) is 15.0. The lowest BCUT2D eigenvalue weighted by molar-refractivity contribution is -0.870. The van der Waals surface area contributed by atoms with E-state index in [-0.39, 0.29) is 19.1 Å². The topological polar surface area (TPSA) is 105 Å². The maximum atomic E-state index is 12.9. The fraction of sp³-hybridized carbons (Fsp3) is 0.603. The van der Waals surface area contributed by atoms with Crippen molar-refractivity contribution in [2.45, 2.75) is 206 Å². The number of rotatable bonds is 49. The first-order chi connectivity index (χ1) is 35.0. The zero-order valence-electron chi connectivity index (χ0n) is 46.4. The van der Waals surface area contributed by atoms with Gasteiger partial charge in [-0.2, -0.15) is 0 Å². The molecule has 408 valence electrons. The SMILES string of the molecule is CC/C=C\C/C=C\C/C=C\C/C=C\C/C=C\C/C=C\C/C=C\C/C=C\C/C=C\C/C=C\CCCCCCCCCCCCC(=O)NC(COP(=O)(O)OCC[N+](C)(C)C)C(O)/C=C/CC/C=C/CCCCC. The van der Waals surface area contributed by atoms with Gasteiger partial charge < -0.3 is 19.8 Å². The molecule has 0 aliphatic carbocycles. The van der Waals surface area contributed by atoms with E-state index in [1.54, 1.807) is 6.08 Å². The Hall–Kier alpha value is -3.62. The minimum atomic E-state index is -4.35. The fourth-order valence-corrected chi connectivity index (χ4v) is 7.88. The van der Waals surface area contributed by atoms with Gasteiger partial charge in [-0.1, -0.05) is 224 Å². The number of aliphatic hydroxyl groups excluding tert-OH is 1. The number of amides is 1. The molecule has 0 aromatic carbocycles. The number of carbonyl (C=O) groups is 1. The minimum absolute atomic E-state index is 0.0481. The van der Waals surface area contributed by atoms with E-state index in [1.165, 1.54) is 64.2 Å². The number of nitrogens with one attached hydrogen (secondary N) is 1. The van der Waals surface area contributed by atoms with Gasteiger partial charge in [0.25, 0.3) is 0 Å². The van der Waals surface area contributed by atoms with Crippen molar-refractivity contribution in [3.8, 4) is 0 Å². The summed E-state index contributed by atoms with van der Waals surface area (Å²) in [6.07, 6.45) is 81.2. The van der Waals surface area contributed by atoms with Crippen LogP contribution in [0.3, 0.4) is 0 Å². The van der Waals surface area contributed by atoms with Gasteiger partial charge in [-0.15, -0.1) is 0 Å². The molecule has 1 amide bonds.